The van der Waals surface area contributed by atoms with Crippen molar-refractivity contribution in [1.29, 1.82) is 0 Å². The van der Waals surface area contributed by atoms with E-state index in [0.717, 1.165) is 16.8 Å². The van der Waals surface area contributed by atoms with Gasteiger partial charge < -0.3 is 14.4 Å². The van der Waals surface area contributed by atoms with E-state index in [-0.39, 0.29) is 35.1 Å². The smallest absolute Gasteiger partial charge is 0.252 e. The maximum absolute atomic E-state index is 12.9. The van der Waals surface area contributed by atoms with Crippen LogP contribution in [0.4, 0.5) is 5.69 Å². The molecule has 0 radical (unpaired) electrons. The molecule has 2 heterocycles. The number of fused-ring (bicyclic) bond motifs is 1. The summed E-state index contributed by atoms with van der Waals surface area (Å²) in [5.74, 6) is 1.15. The van der Waals surface area contributed by atoms with E-state index in [9.17, 15) is 13.2 Å². The third-order valence-electron chi connectivity index (χ3n) is 6.18. The van der Waals surface area contributed by atoms with Gasteiger partial charge in [-0.05, 0) is 35.9 Å². The molecule has 0 bridgehead atoms. The molecule has 0 aliphatic carbocycles. The standard InChI is InChI=1S/C27H26N2O5S2/c1-33-24-10-6-5-9-20(24)15-26(30)28-27-29(23-17-36(31,32)18-25(23)35-27)21-11-13-22(14-12-21)34-16-19-7-3-2-4-8-19/h2-14,23,25H,15-18H2,1H3. The van der Waals surface area contributed by atoms with Crippen molar-refractivity contribution in [3.05, 3.63) is 90.0 Å². The molecule has 2 aliphatic heterocycles. The van der Waals surface area contributed by atoms with Crippen LogP contribution < -0.4 is 14.4 Å². The molecule has 2 saturated heterocycles. The van der Waals surface area contributed by atoms with Crippen molar-refractivity contribution in [2.45, 2.75) is 24.3 Å². The Morgan fingerprint density at radius 1 is 1.00 bits per heavy atom. The number of hydrogen-bond donors (Lipinski definition) is 0. The molecule has 2 atom stereocenters. The summed E-state index contributed by atoms with van der Waals surface area (Å²) >= 11 is 1.36. The molecule has 3 aromatic rings. The number of aliphatic imine (C=N–C) groups is 1. The van der Waals surface area contributed by atoms with Gasteiger partial charge in [-0.2, -0.15) is 4.99 Å². The van der Waals surface area contributed by atoms with Crippen LogP contribution in [0.3, 0.4) is 0 Å². The van der Waals surface area contributed by atoms with Gasteiger partial charge in [0.2, 0.25) is 0 Å². The molecule has 0 aromatic heterocycles. The molecule has 0 saturated carbocycles. The fraction of sp³-hybridized carbons (Fsp3) is 0.259. The number of carbonyl (C=O) groups is 1. The first-order valence-electron chi connectivity index (χ1n) is 11.6. The third-order valence-corrected chi connectivity index (χ3v) is 9.39. The fourth-order valence-electron chi connectivity index (χ4n) is 4.47. The van der Waals surface area contributed by atoms with Gasteiger partial charge in [0.05, 0.1) is 31.1 Å². The van der Waals surface area contributed by atoms with Crippen LogP contribution in [0.5, 0.6) is 11.5 Å². The first-order valence-corrected chi connectivity index (χ1v) is 14.3. The van der Waals surface area contributed by atoms with Crippen LogP contribution in [0.1, 0.15) is 11.1 Å². The Morgan fingerprint density at radius 3 is 2.47 bits per heavy atom. The minimum Gasteiger partial charge on any atom is -0.496 e. The molecule has 2 unspecified atom stereocenters. The molecule has 2 aliphatic rings. The second kappa shape index (κ2) is 10.4. The summed E-state index contributed by atoms with van der Waals surface area (Å²) in [7, 11) is -1.58. The monoisotopic (exact) mass is 522 g/mol. The number of ether oxygens (including phenoxy) is 2. The van der Waals surface area contributed by atoms with Gasteiger partial charge in [-0.15, -0.1) is 0 Å². The normalized spacial score (nSPS) is 21.4. The first-order chi connectivity index (χ1) is 17.4. The van der Waals surface area contributed by atoms with E-state index in [4.69, 9.17) is 9.47 Å². The highest BCUT2D eigenvalue weighted by Crippen LogP contribution is 2.41. The van der Waals surface area contributed by atoms with Crippen molar-refractivity contribution in [3.63, 3.8) is 0 Å². The van der Waals surface area contributed by atoms with E-state index in [1.807, 2.05) is 83.8 Å². The van der Waals surface area contributed by atoms with E-state index in [2.05, 4.69) is 4.99 Å². The average Bonchev–Trinajstić information content (AvgIpc) is 3.34. The molecule has 0 spiro atoms. The number of hydrogen-bond acceptors (Lipinski definition) is 6. The summed E-state index contributed by atoms with van der Waals surface area (Å²) in [5, 5.41) is 0.361. The molecular weight excluding hydrogens is 496 g/mol. The number of para-hydroxylation sites is 1. The van der Waals surface area contributed by atoms with Crippen LogP contribution in [0.2, 0.25) is 0 Å². The van der Waals surface area contributed by atoms with Gasteiger partial charge in [0.15, 0.2) is 15.0 Å². The predicted octanol–water partition coefficient (Wildman–Crippen LogP) is 4.12. The highest BCUT2D eigenvalue weighted by Gasteiger charge is 2.49. The number of benzene rings is 3. The molecule has 9 heteroatoms. The van der Waals surface area contributed by atoms with E-state index >= 15 is 0 Å². The third kappa shape index (κ3) is 5.42. The lowest BCUT2D eigenvalue weighted by atomic mass is 10.1. The number of rotatable bonds is 7. The largest absolute Gasteiger partial charge is 0.496 e. The van der Waals surface area contributed by atoms with Crippen LogP contribution in [-0.4, -0.2) is 49.4 Å². The van der Waals surface area contributed by atoms with Gasteiger partial charge in [0.25, 0.3) is 5.91 Å². The second-order valence-electron chi connectivity index (χ2n) is 8.72. The van der Waals surface area contributed by atoms with Crippen LogP contribution >= 0.6 is 11.8 Å². The number of methoxy groups -OCH3 is 1. The SMILES string of the molecule is COc1ccccc1CC(=O)N=C1SC2CS(=O)(=O)CC2N1c1ccc(OCc2ccccc2)cc1. The minimum absolute atomic E-state index is 0.0383. The topological polar surface area (TPSA) is 85.3 Å². The van der Waals surface area contributed by atoms with Gasteiger partial charge in [-0.3, -0.25) is 4.79 Å². The van der Waals surface area contributed by atoms with Crippen molar-refractivity contribution in [1.82, 2.24) is 0 Å². The highest BCUT2D eigenvalue weighted by atomic mass is 32.2. The lowest BCUT2D eigenvalue weighted by Gasteiger charge is -2.24. The van der Waals surface area contributed by atoms with Crippen molar-refractivity contribution >= 4 is 38.4 Å². The number of nitrogens with zero attached hydrogens (tertiary/aromatic N) is 2. The summed E-state index contributed by atoms with van der Waals surface area (Å²) in [6, 6.07) is 24.5. The molecule has 0 N–H and O–H groups in total. The summed E-state index contributed by atoms with van der Waals surface area (Å²) in [6.07, 6.45) is 0.0990. The van der Waals surface area contributed by atoms with Gasteiger partial charge in [-0.1, -0.05) is 60.3 Å². The quantitative estimate of drug-likeness (QED) is 0.462. The van der Waals surface area contributed by atoms with Crippen LogP contribution in [-0.2, 0) is 27.7 Å². The number of sulfone groups is 1. The molecule has 3 aromatic carbocycles. The zero-order valence-electron chi connectivity index (χ0n) is 19.7. The highest BCUT2D eigenvalue weighted by molar-refractivity contribution is 8.16. The van der Waals surface area contributed by atoms with Crippen LogP contribution in [0.15, 0.2) is 83.9 Å². The Morgan fingerprint density at radius 2 is 1.72 bits per heavy atom. The van der Waals surface area contributed by atoms with Gasteiger partial charge >= 0.3 is 0 Å². The Bertz CT molecular complexity index is 1370. The molecule has 2 fully saturated rings. The molecule has 5 rings (SSSR count). The number of thioether (sulfide) groups is 1. The summed E-state index contributed by atoms with van der Waals surface area (Å²) in [4.78, 5) is 19.2. The maximum atomic E-state index is 12.9. The number of carbonyl (C=O) groups excluding carboxylic acids is 1. The van der Waals surface area contributed by atoms with E-state index in [0.29, 0.717) is 23.3 Å². The Hall–Kier alpha value is -3.30. The molecular formula is C27H26N2O5S2. The molecule has 36 heavy (non-hydrogen) atoms. The molecule has 1 amide bonds. The Labute approximate surface area is 215 Å². The zero-order valence-corrected chi connectivity index (χ0v) is 21.4. The average molecular weight is 523 g/mol. The number of amides is 1. The lowest BCUT2D eigenvalue weighted by molar-refractivity contribution is -0.117. The fourth-order valence-corrected chi connectivity index (χ4v) is 8.40. The molecule has 7 nitrogen and oxygen atoms in total. The van der Waals surface area contributed by atoms with Gasteiger partial charge in [0, 0.05) is 16.5 Å². The van der Waals surface area contributed by atoms with Crippen LogP contribution in [0, 0.1) is 0 Å². The molecule has 186 valence electrons. The van der Waals surface area contributed by atoms with E-state index in [1.165, 1.54) is 11.8 Å². The van der Waals surface area contributed by atoms with Crippen molar-refractivity contribution in [3.8, 4) is 11.5 Å². The van der Waals surface area contributed by atoms with Crippen molar-refractivity contribution in [2.75, 3.05) is 23.5 Å². The maximum Gasteiger partial charge on any atom is 0.252 e. The van der Waals surface area contributed by atoms with Crippen molar-refractivity contribution < 1.29 is 22.7 Å². The van der Waals surface area contributed by atoms with E-state index in [1.54, 1.807) is 7.11 Å². The summed E-state index contributed by atoms with van der Waals surface area (Å²) in [5.41, 5.74) is 2.61. The lowest BCUT2D eigenvalue weighted by Crippen LogP contribution is -2.37. The number of anilines is 1. The Kier molecular flexibility index (Phi) is 7.02. The second-order valence-corrected chi connectivity index (χ2v) is 12.1. The van der Waals surface area contributed by atoms with Crippen LogP contribution in [0.25, 0.3) is 0 Å². The Balaban J connectivity index is 1.37. The zero-order chi connectivity index (χ0) is 25.1. The first kappa shape index (κ1) is 24.4. The minimum atomic E-state index is -3.15. The van der Waals surface area contributed by atoms with Crippen molar-refractivity contribution in [2.24, 2.45) is 4.99 Å². The summed E-state index contributed by atoms with van der Waals surface area (Å²) < 4.78 is 36.0. The number of amidine groups is 1. The summed E-state index contributed by atoms with van der Waals surface area (Å²) in [6.45, 7) is 0.451. The van der Waals surface area contributed by atoms with Gasteiger partial charge in [0.1, 0.15) is 18.1 Å². The van der Waals surface area contributed by atoms with Gasteiger partial charge in [-0.25, -0.2) is 8.42 Å². The predicted molar refractivity (Wildman–Crippen MR) is 143 cm³/mol. The van der Waals surface area contributed by atoms with E-state index < -0.39 is 9.84 Å².